The highest BCUT2D eigenvalue weighted by Gasteiger charge is 2.13. The Morgan fingerprint density at radius 3 is 2.00 bits per heavy atom. The summed E-state index contributed by atoms with van der Waals surface area (Å²) in [7, 11) is 1.65. The number of aryl methyl sites for hydroxylation is 3. The number of hydrogen-bond acceptors (Lipinski definition) is 6. The summed E-state index contributed by atoms with van der Waals surface area (Å²) < 4.78 is 11.3. The van der Waals surface area contributed by atoms with Gasteiger partial charge in [-0.25, -0.2) is 9.59 Å². The van der Waals surface area contributed by atoms with E-state index < -0.39 is 11.9 Å². The van der Waals surface area contributed by atoms with Gasteiger partial charge in [0.15, 0.2) is 5.78 Å². The number of ketones is 1. The summed E-state index contributed by atoms with van der Waals surface area (Å²) in [6.45, 7) is 10.0. The number of carbonyl (C=O) groups excluding carboxylic acids is 1. The molecule has 3 rings (SSSR count). The molecule has 0 radical (unpaired) electrons. The molecule has 0 bridgehead atoms. The molecule has 0 aliphatic carbocycles. The summed E-state index contributed by atoms with van der Waals surface area (Å²) >= 11 is 0. The standard InChI is InChI=1S/C26H33NO3.C4H4O4/c1-19-18-24(29-4)10-8-22(19)9-11-25(28)23-16-20(2)26(21(3)17-23)30-15-14-27-12-6-5-7-13-27;5-3(6)1-2-4(7)8/h8-11,16-18H,5-7,12-15H2,1-4H3;1-2H,(H,5,6)(H,7,8)/b;2-1+. The lowest BCUT2D eigenvalue weighted by molar-refractivity contribution is -0.134. The molecule has 0 amide bonds. The number of carboxylic acid groups (broad SMARTS) is 2. The van der Waals surface area contributed by atoms with Crippen molar-refractivity contribution in [2.24, 2.45) is 0 Å². The molecular formula is C30H37NO7. The maximum atomic E-state index is 12.7. The van der Waals surface area contributed by atoms with Crippen LogP contribution in [0.2, 0.25) is 0 Å². The highest BCUT2D eigenvalue weighted by Crippen LogP contribution is 2.26. The number of benzene rings is 2. The Labute approximate surface area is 224 Å². The monoisotopic (exact) mass is 523 g/mol. The SMILES string of the molecule is COc1ccc(C=CC(=O)c2cc(C)c(OCCN3CCCCC3)c(C)c2)c(C)c1.O=C(O)/C=C/C(=O)O. The number of carbonyl (C=O) groups is 3. The zero-order valence-electron chi connectivity index (χ0n) is 22.5. The molecule has 0 saturated carbocycles. The smallest absolute Gasteiger partial charge is 0.328 e. The average molecular weight is 524 g/mol. The van der Waals surface area contributed by atoms with Crippen molar-refractivity contribution in [2.75, 3.05) is 33.4 Å². The fourth-order valence-electron chi connectivity index (χ4n) is 4.15. The Hall–Kier alpha value is -3.91. The number of carboxylic acids is 2. The summed E-state index contributed by atoms with van der Waals surface area (Å²) in [6, 6.07) is 9.69. The first-order valence-corrected chi connectivity index (χ1v) is 12.6. The summed E-state index contributed by atoms with van der Waals surface area (Å²) in [5, 5.41) is 15.6. The van der Waals surface area contributed by atoms with Crippen molar-refractivity contribution >= 4 is 23.8 Å². The molecular weight excluding hydrogens is 486 g/mol. The van der Waals surface area contributed by atoms with E-state index in [1.165, 1.54) is 32.4 Å². The lowest BCUT2D eigenvalue weighted by Crippen LogP contribution is -2.33. The summed E-state index contributed by atoms with van der Waals surface area (Å²) in [4.78, 5) is 34.3. The van der Waals surface area contributed by atoms with E-state index in [1.807, 2.05) is 57.2 Å². The minimum Gasteiger partial charge on any atom is -0.497 e. The third kappa shape index (κ3) is 10.2. The summed E-state index contributed by atoms with van der Waals surface area (Å²) in [5.74, 6) is -0.798. The lowest BCUT2D eigenvalue weighted by atomic mass is 10.0. The Morgan fingerprint density at radius 1 is 0.868 bits per heavy atom. The number of ether oxygens (including phenoxy) is 2. The van der Waals surface area contributed by atoms with Crippen LogP contribution in [-0.4, -0.2) is 66.2 Å². The van der Waals surface area contributed by atoms with Crippen molar-refractivity contribution in [2.45, 2.75) is 40.0 Å². The van der Waals surface area contributed by atoms with Crippen molar-refractivity contribution < 1.29 is 34.1 Å². The number of aliphatic carboxylic acids is 2. The summed E-state index contributed by atoms with van der Waals surface area (Å²) in [5.41, 5.74) is 4.78. The molecule has 1 heterocycles. The van der Waals surface area contributed by atoms with Gasteiger partial charge in [0.2, 0.25) is 0 Å². The third-order valence-electron chi connectivity index (χ3n) is 6.11. The highest BCUT2D eigenvalue weighted by molar-refractivity contribution is 6.07. The van der Waals surface area contributed by atoms with Crippen molar-refractivity contribution in [1.29, 1.82) is 0 Å². The van der Waals surface area contributed by atoms with E-state index in [4.69, 9.17) is 19.7 Å². The van der Waals surface area contributed by atoms with E-state index >= 15 is 0 Å². The van der Waals surface area contributed by atoms with Gasteiger partial charge in [-0.2, -0.15) is 0 Å². The minimum atomic E-state index is -1.26. The van der Waals surface area contributed by atoms with Crippen LogP contribution in [0, 0.1) is 20.8 Å². The number of methoxy groups -OCH3 is 1. The normalized spacial score (nSPS) is 13.7. The van der Waals surface area contributed by atoms with Crippen LogP contribution >= 0.6 is 0 Å². The Morgan fingerprint density at radius 2 is 1.47 bits per heavy atom. The van der Waals surface area contributed by atoms with Gasteiger partial charge in [-0.1, -0.05) is 18.6 Å². The summed E-state index contributed by atoms with van der Waals surface area (Å²) in [6.07, 6.45) is 8.55. The van der Waals surface area contributed by atoms with Crippen molar-refractivity contribution in [3.05, 3.63) is 76.4 Å². The van der Waals surface area contributed by atoms with Gasteiger partial charge < -0.3 is 19.7 Å². The van der Waals surface area contributed by atoms with E-state index in [9.17, 15) is 14.4 Å². The molecule has 1 fully saturated rings. The van der Waals surface area contributed by atoms with Crippen LogP contribution in [-0.2, 0) is 9.59 Å². The lowest BCUT2D eigenvalue weighted by Gasteiger charge is -2.26. The van der Waals surface area contributed by atoms with E-state index in [0.717, 1.165) is 40.3 Å². The molecule has 0 unspecified atom stereocenters. The van der Waals surface area contributed by atoms with Gasteiger partial charge in [0.05, 0.1) is 7.11 Å². The van der Waals surface area contributed by atoms with Crippen LogP contribution in [0.3, 0.4) is 0 Å². The quantitative estimate of drug-likeness (QED) is 0.327. The second-order valence-corrected chi connectivity index (χ2v) is 9.12. The van der Waals surface area contributed by atoms with Crippen LogP contribution in [0.1, 0.15) is 51.9 Å². The average Bonchev–Trinajstić information content (AvgIpc) is 2.89. The van der Waals surface area contributed by atoms with Crippen LogP contribution in [0.25, 0.3) is 6.08 Å². The number of allylic oxidation sites excluding steroid dienone is 1. The fourth-order valence-corrected chi connectivity index (χ4v) is 4.15. The van der Waals surface area contributed by atoms with Crippen LogP contribution in [0.5, 0.6) is 11.5 Å². The molecule has 2 N–H and O–H groups in total. The van der Waals surface area contributed by atoms with E-state index in [2.05, 4.69) is 4.90 Å². The molecule has 0 aromatic heterocycles. The van der Waals surface area contributed by atoms with Crippen LogP contribution in [0.15, 0.2) is 48.6 Å². The molecule has 2 aromatic rings. The van der Waals surface area contributed by atoms with Crippen LogP contribution in [0.4, 0.5) is 0 Å². The van der Waals surface area contributed by atoms with Gasteiger partial charge in [0, 0.05) is 24.3 Å². The van der Waals surface area contributed by atoms with Crippen molar-refractivity contribution in [3.8, 4) is 11.5 Å². The maximum absolute atomic E-state index is 12.7. The predicted octanol–water partition coefficient (Wildman–Crippen LogP) is 5.09. The second kappa shape index (κ2) is 15.4. The Bertz CT molecular complexity index is 1140. The number of rotatable bonds is 10. The number of piperidine rings is 1. The first-order valence-electron chi connectivity index (χ1n) is 12.6. The van der Waals surface area contributed by atoms with E-state index in [-0.39, 0.29) is 5.78 Å². The maximum Gasteiger partial charge on any atom is 0.328 e. The largest absolute Gasteiger partial charge is 0.497 e. The van der Waals surface area contributed by atoms with Crippen molar-refractivity contribution in [3.63, 3.8) is 0 Å². The van der Waals surface area contributed by atoms with Crippen molar-refractivity contribution in [1.82, 2.24) is 4.90 Å². The van der Waals surface area contributed by atoms with Gasteiger partial charge >= 0.3 is 11.9 Å². The minimum absolute atomic E-state index is 0.00344. The number of hydrogen-bond donors (Lipinski definition) is 2. The highest BCUT2D eigenvalue weighted by atomic mass is 16.5. The zero-order valence-corrected chi connectivity index (χ0v) is 22.5. The molecule has 1 saturated heterocycles. The number of likely N-dealkylation sites (tertiary alicyclic amines) is 1. The molecule has 1 aliphatic rings. The van der Waals surface area contributed by atoms with E-state index in [0.29, 0.717) is 24.3 Å². The topological polar surface area (TPSA) is 113 Å². The molecule has 0 atom stereocenters. The van der Waals surface area contributed by atoms with Gasteiger partial charge in [-0.15, -0.1) is 0 Å². The molecule has 0 spiro atoms. The molecule has 2 aromatic carbocycles. The predicted molar refractivity (Wildman–Crippen MR) is 147 cm³/mol. The molecule has 8 heteroatoms. The van der Waals surface area contributed by atoms with Gasteiger partial charge in [-0.05, 0) is 99.3 Å². The molecule has 204 valence electrons. The Kier molecular flexibility index (Phi) is 12.3. The second-order valence-electron chi connectivity index (χ2n) is 9.12. The van der Waals surface area contributed by atoms with E-state index in [1.54, 1.807) is 13.2 Å². The molecule has 1 aliphatic heterocycles. The van der Waals surface area contributed by atoms with Crippen LogP contribution < -0.4 is 9.47 Å². The fraction of sp³-hybridized carbons (Fsp3) is 0.367. The first kappa shape index (κ1) is 30.3. The van der Waals surface area contributed by atoms with Gasteiger partial charge in [-0.3, -0.25) is 9.69 Å². The molecule has 8 nitrogen and oxygen atoms in total. The van der Waals surface area contributed by atoms with Gasteiger partial charge in [0.1, 0.15) is 18.1 Å². The van der Waals surface area contributed by atoms with Gasteiger partial charge in [0.25, 0.3) is 0 Å². The first-order chi connectivity index (χ1) is 18.1. The molecule has 38 heavy (non-hydrogen) atoms. The number of nitrogens with zero attached hydrogens (tertiary/aromatic N) is 1. The zero-order chi connectivity index (χ0) is 28.1. The third-order valence-corrected chi connectivity index (χ3v) is 6.11. The Balaban J connectivity index is 0.000000550.